The van der Waals surface area contributed by atoms with Gasteiger partial charge in [-0.05, 0) is 31.9 Å². The van der Waals surface area contributed by atoms with Crippen molar-refractivity contribution in [1.82, 2.24) is 19.8 Å². The lowest BCUT2D eigenvalue weighted by molar-refractivity contribution is -0.156. The van der Waals surface area contributed by atoms with Crippen LogP contribution in [-0.2, 0) is 43.3 Å². The van der Waals surface area contributed by atoms with E-state index in [-0.39, 0.29) is 26.2 Å². The van der Waals surface area contributed by atoms with E-state index in [1.165, 1.54) is 12.5 Å². The van der Waals surface area contributed by atoms with E-state index in [4.69, 9.17) is 15.2 Å². The fraction of sp³-hybridized carbons (Fsp3) is 0.367. The highest BCUT2D eigenvalue weighted by Gasteiger charge is 2.43. The minimum absolute atomic E-state index is 0.127. The summed E-state index contributed by atoms with van der Waals surface area (Å²) in [6.07, 6.45) is 1.39. The lowest BCUT2D eigenvalue weighted by Gasteiger charge is -2.36. The van der Waals surface area contributed by atoms with E-state index in [1.54, 1.807) is 51.1 Å². The van der Waals surface area contributed by atoms with Gasteiger partial charge in [-0.1, -0.05) is 60.7 Å². The second-order valence-corrected chi connectivity index (χ2v) is 10.6. The van der Waals surface area contributed by atoms with E-state index in [0.717, 1.165) is 10.5 Å². The van der Waals surface area contributed by atoms with E-state index >= 15 is 0 Å². The van der Waals surface area contributed by atoms with Crippen LogP contribution in [-0.4, -0.2) is 79.7 Å². The Hall–Kier alpha value is -4.55. The Bertz CT molecular complexity index is 1310. The number of imide groups is 1. The number of imidazole rings is 1. The van der Waals surface area contributed by atoms with Crippen LogP contribution in [0.1, 0.15) is 37.6 Å². The average molecular weight is 580 g/mol. The molecule has 12 heteroatoms. The van der Waals surface area contributed by atoms with Crippen molar-refractivity contribution in [3.8, 4) is 0 Å². The molecule has 0 spiro atoms. The summed E-state index contributed by atoms with van der Waals surface area (Å²) in [5.41, 5.74) is 6.55. The highest BCUT2D eigenvalue weighted by Crippen LogP contribution is 2.20. The summed E-state index contributed by atoms with van der Waals surface area (Å²) in [7, 11) is 0. The van der Waals surface area contributed by atoms with Crippen LogP contribution in [0.15, 0.2) is 73.2 Å². The monoisotopic (exact) mass is 579 g/mol. The number of ether oxygens (including phenoxy) is 2. The highest BCUT2D eigenvalue weighted by molar-refractivity contribution is 6.00. The summed E-state index contributed by atoms with van der Waals surface area (Å²) in [5, 5.41) is 10.3. The molecule has 1 heterocycles. The van der Waals surface area contributed by atoms with Crippen LogP contribution < -0.4 is 5.73 Å². The standard InChI is InChI=1S/C30H37N5O7/c1-30(2,3)42-29(40)35(25(28(38)39)14-21-10-6-4-7-11-21)27(37)24(15-23-17-32-19-33-23)34(26(36)16-31)20-41-18-22-12-8-5-9-13-22/h4-13,17,19,24-25H,14-16,18,20,31H2,1-3H3,(H,32,33)(H,38,39)/t24-,25-/m0/s1. The summed E-state index contributed by atoms with van der Waals surface area (Å²) >= 11 is 0. The first-order chi connectivity index (χ1) is 20.0. The zero-order valence-electron chi connectivity index (χ0n) is 23.9. The molecule has 0 saturated carbocycles. The number of hydrogen-bond acceptors (Lipinski definition) is 8. The number of aromatic nitrogens is 2. The number of hydrogen-bond donors (Lipinski definition) is 3. The zero-order chi connectivity index (χ0) is 30.7. The third-order valence-corrected chi connectivity index (χ3v) is 6.16. The normalized spacial score (nSPS) is 12.7. The first-order valence-corrected chi connectivity index (χ1v) is 13.4. The van der Waals surface area contributed by atoms with Gasteiger partial charge in [0.25, 0.3) is 5.91 Å². The Morgan fingerprint density at radius 1 is 0.952 bits per heavy atom. The van der Waals surface area contributed by atoms with Crippen LogP contribution in [0.4, 0.5) is 4.79 Å². The van der Waals surface area contributed by atoms with Crippen molar-refractivity contribution in [1.29, 1.82) is 0 Å². The number of carbonyl (C=O) groups is 4. The Balaban J connectivity index is 2.03. The molecule has 4 N–H and O–H groups in total. The molecule has 0 fully saturated rings. The van der Waals surface area contributed by atoms with Crippen LogP contribution in [0.3, 0.4) is 0 Å². The molecule has 3 aromatic rings. The Morgan fingerprint density at radius 2 is 1.57 bits per heavy atom. The van der Waals surface area contributed by atoms with Crippen molar-refractivity contribution < 1.29 is 33.8 Å². The third-order valence-electron chi connectivity index (χ3n) is 6.16. The first kappa shape index (κ1) is 32.0. The van der Waals surface area contributed by atoms with Crippen LogP contribution in [0, 0.1) is 0 Å². The number of carboxylic acid groups (broad SMARTS) is 1. The molecular weight excluding hydrogens is 542 g/mol. The third kappa shape index (κ3) is 9.25. The Labute approximate surface area is 244 Å². The van der Waals surface area contributed by atoms with Gasteiger partial charge >= 0.3 is 12.1 Å². The van der Waals surface area contributed by atoms with Gasteiger partial charge in [-0.2, -0.15) is 0 Å². The molecule has 224 valence electrons. The number of nitrogens with zero attached hydrogens (tertiary/aromatic N) is 3. The number of benzene rings is 2. The van der Waals surface area contributed by atoms with Crippen LogP contribution >= 0.6 is 0 Å². The average Bonchev–Trinajstić information content (AvgIpc) is 3.47. The number of rotatable bonds is 13. The van der Waals surface area contributed by atoms with E-state index in [2.05, 4.69) is 9.97 Å². The maximum atomic E-state index is 14.4. The maximum absolute atomic E-state index is 14.4. The fourth-order valence-electron chi connectivity index (χ4n) is 4.19. The second-order valence-electron chi connectivity index (χ2n) is 10.6. The van der Waals surface area contributed by atoms with Gasteiger partial charge in [-0.3, -0.25) is 9.59 Å². The molecule has 0 unspecified atom stereocenters. The molecule has 0 aliphatic rings. The molecule has 2 atom stereocenters. The topological polar surface area (TPSA) is 168 Å². The fourth-order valence-corrected chi connectivity index (χ4v) is 4.19. The highest BCUT2D eigenvalue weighted by atomic mass is 16.6. The van der Waals surface area contributed by atoms with Gasteiger partial charge < -0.3 is 30.2 Å². The number of carbonyl (C=O) groups excluding carboxylic acids is 3. The predicted molar refractivity (Wildman–Crippen MR) is 153 cm³/mol. The summed E-state index contributed by atoms with van der Waals surface area (Å²) in [6, 6.07) is 14.8. The van der Waals surface area contributed by atoms with E-state index < -0.39 is 48.1 Å². The maximum Gasteiger partial charge on any atom is 0.417 e. The molecule has 2 aromatic carbocycles. The number of aliphatic carboxylic acids is 1. The van der Waals surface area contributed by atoms with Crippen molar-refractivity contribution in [2.75, 3.05) is 13.3 Å². The van der Waals surface area contributed by atoms with Crippen LogP contribution in [0.2, 0.25) is 0 Å². The van der Waals surface area contributed by atoms with Crippen molar-refractivity contribution in [2.45, 2.75) is 57.9 Å². The van der Waals surface area contributed by atoms with Crippen LogP contribution in [0.5, 0.6) is 0 Å². The molecule has 0 saturated heterocycles. The van der Waals surface area contributed by atoms with Gasteiger partial charge in [0.05, 0.1) is 19.5 Å². The van der Waals surface area contributed by atoms with Gasteiger partial charge in [0.1, 0.15) is 24.4 Å². The lowest BCUT2D eigenvalue weighted by Crippen LogP contribution is -2.60. The largest absolute Gasteiger partial charge is 0.480 e. The minimum atomic E-state index is -1.64. The van der Waals surface area contributed by atoms with Gasteiger partial charge in [0.15, 0.2) is 0 Å². The number of aromatic amines is 1. The molecule has 0 aliphatic carbocycles. The molecule has 0 aliphatic heterocycles. The van der Waals surface area contributed by atoms with E-state index in [0.29, 0.717) is 16.2 Å². The number of amides is 3. The Morgan fingerprint density at radius 3 is 2.10 bits per heavy atom. The molecule has 0 bridgehead atoms. The molecular formula is C30H37N5O7. The van der Waals surface area contributed by atoms with Crippen molar-refractivity contribution >= 4 is 23.9 Å². The summed E-state index contributed by atoms with van der Waals surface area (Å²) in [5.74, 6) is -3.03. The molecule has 0 radical (unpaired) electrons. The smallest absolute Gasteiger partial charge is 0.417 e. The number of nitrogens with one attached hydrogen (secondary N) is 1. The molecule has 1 aromatic heterocycles. The van der Waals surface area contributed by atoms with Crippen molar-refractivity contribution in [3.05, 3.63) is 90.0 Å². The number of H-pyrrole nitrogens is 1. The van der Waals surface area contributed by atoms with Gasteiger partial charge in [0.2, 0.25) is 5.91 Å². The van der Waals surface area contributed by atoms with Crippen LogP contribution in [0.25, 0.3) is 0 Å². The van der Waals surface area contributed by atoms with Gasteiger partial charge in [-0.25, -0.2) is 19.5 Å². The van der Waals surface area contributed by atoms with E-state index in [1.807, 2.05) is 30.3 Å². The zero-order valence-corrected chi connectivity index (χ0v) is 23.9. The predicted octanol–water partition coefficient (Wildman–Crippen LogP) is 2.74. The second kappa shape index (κ2) is 14.9. The summed E-state index contributed by atoms with van der Waals surface area (Å²) in [6.45, 7) is 4.12. The quantitative estimate of drug-likeness (QED) is 0.258. The molecule has 12 nitrogen and oxygen atoms in total. The van der Waals surface area contributed by atoms with Crippen molar-refractivity contribution in [2.24, 2.45) is 5.73 Å². The van der Waals surface area contributed by atoms with E-state index in [9.17, 15) is 24.3 Å². The molecule has 42 heavy (non-hydrogen) atoms. The summed E-state index contributed by atoms with van der Waals surface area (Å²) in [4.78, 5) is 62.2. The molecule has 3 rings (SSSR count). The van der Waals surface area contributed by atoms with Gasteiger partial charge in [0, 0.05) is 24.7 Å². The lowest BCUT2D eigenvalue weighted by atomic mass is 10.0. The number of nitrogens with two attached hydrogens (primary N) is 1. The van der Waals surface area contributed by atoms with Gasteiger partial charge in [-0.15, -0.1) is 0 Å². The summed E-state index contributed by atoms with van der Waals surface area (Å²) < 4.78 is 11.3. The SMILES string of the molecule is CC(C)(C)OC(=O)N(C(=O)[C@H](Cc1cnc[nH]1)N(COCc1ccccc1)C(=O)CN)[C@@H](Cc1ccccc1)C(=O)O. The minimum Gasteiger partial charge on any atom is -0.480 e. The number of carboxylic acids is 1. The van der Waals surface area contributed by atoms with Crippen molar-refractivity contribution in [3.63, 3.8) is 0 Å². The Kier molecular flexibility index (Phi) is 11.3. The molecule has 3 amide bonds. The first-order valence-electron chi connectivity index (χ1n) is 13.4.